The fourth-order valence-corrected chi connectivity index (χ4v) is 3.00. The molecule has 1 aromatic rings. The van der Waals surface area contributed by atoms with Crippen molar-refractivity contribution in [2.24, 2.45) is 5.92 Å². The van der Waals surface area contributed by atoms with E-state index in [4.69, 9.17) is 10.7 Å². The van der Waals surface area contributed by atoms with Crippen LogP contribution in [0.4, 0.5) is 0 Å². The highest BCUT2D eigenvalue weighted by Crippen LogP contribution is 2.30. The number of halogens is 1. The molecule has 0 aliphatic heterocycles. The third-order valence-corrected chi connectivity index (χ3v) is 6.14. The summed E-state index contributed by atoms with van der Waals surface area (Å²) in [6.45, 7) is 6.88. The summed E-state index contributed by atoms with van der Waals surface area (Å²) >= 11 is 0. The summed E-state index contributed by atoms with van der Waals surface area (Å²) in [4.78, 5) is 0. The fraction of sp³-hybridized carbons (Fsp3) is 0.800. The zero-order valence-electron chi connectivity index (χ0n) is 12.0. The van der Waals surface area contributed by atoms with Gasteiger partial charge in [0.25, 0.3) is 14.2 Å². The van der Waals surface area contributed by atoms with E-state index in [1.165, 1.54) is 18.4 Å². The van der Waals surface area contributed by atoms with Crippen LogP contribution in [0.25, 0.3) is 0 Å². The van der Waals surface area contributed by atoms with Crippen LogP contribution in [0.5, 0.6) is 0 Å². The van der Waals surface area contributed by atoms with Crippen LogP contribution in [0.2, 0.25) is 0 Å². The van der Waals surface area contributed by atoms with Crippen molar-refractivity contribution >= 4 is 29.6 Å². The third kappa shape index (κ3) is 3.32. The van der Waals surface area contributed by atoms with Gasteiger partial charge in [0.05, 0.1) is 0 Å². The maximum atomic E-state index is 11.9. The molecule has 1 aromatic heterocycles. The van der Waals surface area contributed by atoms with E-state index in [2.05, 4.69) is 10.2 Å². The van der Waals surface area contributed by atoms with Crippen molar-refractivity contribution in [1.82, 2.24) is 14.8 Å². The Bertz CT molecular complexity index is 705. The van der Waals surface area contributed by atoms with Gasteiger partial charge in [-0.2, -0.15) is 0 Å². The van der Waals surface area contributed by atoms with Gasteiger partial charge in [0.15, 0.2) is 15.7 Å². The molecule has 0 aromatic carbocycles. The highest BCUT2D eigenvalue weighted by Gasteiger charge is 2.39. The highest BCUT2D eigenvalue weighted by molar-refractivity contribution is 8.13. The Morgan fingerprint density at radius 1 is 1.20 bits per heavy atom. The van der Waals surface area contributed by atoms with Gasteiger partial charge in [-0.3, -0.25) is 4.57 Å². The monoisotopic (exact) mass is 343 g/mol. The van der Waals surface area contributed by atoms with E-state index in [1.54, 1.807) is 0 Å². The van der Waals surface area contributed by atoms with Gasteiger partial charge in [-0.25, -0.2) is 16.8 Å². The Hall–Kier alpha value is -0.670. The van der Waals surface area contributed by atoms with Crippen molar-refractivity contribution < 1.29 is 16.8 Å². The average molecular weight is 344 g/mol. The predicted molar refractivity (Wildman–Crippen MR) is 75.8 cm³/mol. The van der Waals surface area contributed by atoms with E-state index in [-0.39, 0.29) is 18.3 Å². The van der Waals surface area contributed by atoms with Gasteiger partial charge in [0, 0.05) is 23.5 Å². The van der Waals surface area contributed by atoms with Crippen LogP contribution in [0.1, 0.15) is 33.5 Å². The number of hydrogen-bond acceptors (Lipinski definition) is 6. The predicted octanol–water partition coefficient (Wildman–Crippen LogP) is 1.14. The first-order valence-electron chi connectivity index (χ1n) is 5.86. The number of hydrogen-bond donors (Lipinski definition) is 0. The average Bonchev–Trinajstić information content (AvgIpc) is 2.57. The van der Waals surface area contributed by atoms with Crippen LogP contribution in [-0.2, 0) is 30.2 Å². The molecular formula is C10H18ClN3O4S2. The summed E-state index contributed by atoms with van der Waals surface area (Å²) in [5.41, 5.74) is 0. The molecule has 0 N–H and O–H groups in total. The summed E-state index contributed by atoms with van der Waals surface area (Å²) in [6, 6.07) is 0. The molecule has 0 amide bonds. The summed E-state index contributed by atoms with van der Waals surface area (Å²) in [5.74, 6) is 0.130. The zero-order valence-corrected chi connectivity index (χ0v) is 14.3. The first-order chi connectivity index (χ1) is 8.78. The lowest BCUT2D eigenvalue weighted by atomic mass is 10.1. The summed E-state index contributed by atoms with van der Waals surface area (Å²) in [6.07, 6.45) is 1.07. The molecule has 1 heterocycles. The van der Waals surface area contributed by atoms with Crippen molar-refractivity contribution in [3.05, 3.63) is 5.82 Å². The number of rotatable bonds is 5. The third-order valence-electron chi connectivity index (χ3n) is 2.95. The largest absolute Gasteiger partial charge is 0.299 e. The van der Waals surface area contributed by atoms with Crippen LogP contribution < -0.4 is 0 Å². The molecule has 0 unspecified atom stereocenters. The highest BCUT2D eigenvalue weighted by atomic mass is 35.7. The van der Waals surface area contributed by atoms with Crippen molar-refractivity contribution in [3.8, 4) is 0 Å². The second kappa shape index (κ2) is 5.27. The number of nitrogens with zero attached hydrogens (tertiary/aromatic N) is 3. The van der Waals surface area contributed by atoms with E-state index in [1.807, 2.05) is 13.8 Å². The molecule has 0 fully saturated rings. The molecule has 0 atom stereocenters. The normalized spacial score (nSPS) is 13.9. The molecule has 0 saturated heterocycles. The Balaban J connectivity index is 3.62. The standard InChI is InChI=1S/C10H18ClN3O4S2/c1-7(2)6-14-8(10(3,4)19(5,15)16)12-13-9(14)20(11,17)18/h7H,6H2,1-5H3. The number of sulfone groups is 1. The van der Waals surface area contributed by atoms with Crippen LogP contribution in [-0.4, -0.2) is 37.9 Å². The summed E-state index contributed by atoms with van der Waals surface area (Å²) in [5, 5.41) is 6.86. The van der Waals surface area contributed by atoms with Crippen LogP contribution in [0.3, 0.4) is 0 Å². The molecule has 1 rings (SSSR count). The van der Waals surface area contributed by atoms with E-state index in [0.717, 1.165) is 6.26 Å². The Kier molecular flexibility index (Phi) is 4.58. The van der Waals surface area contributed by atoms with Gasteiger partial charge in [-0.05, 0) is 19.8 Å². The molecule has 7 nitrogen and oxygen atoms in total. The lowest BCUT2D eigenvalue weighted by Crippen LogP contribution is -2.32. The molecule has 0 spiro atoms. The molecule has 0 aliphatic carbocycles. The zero-order chi connectivity index (χ0) is 15.9. The van der Waals surface area contributed by atoms with Crippen LogP contribution in [0.15, 0.2) is 5.16 Å². The Labute approximate surface area is 123 Å². The quantitative estimate of drug-likeness (QED) is 0.743. The second-order valence-electron chi connectivity index (χ2n) is 5.53. The first-order valence-corrected chi connectivity index (χ1v) is 10.1. The van der Waals surface area contributed by atoms with Crippen molar-refractivity contribution in [2.75, 3.05) is 6.26 Å². The second-order valence-corrected chi connectivity index (χ2v) is 10.6. The minimum Gasteiger partial charge on any atom is -0.299 e. The molecule has 10 heteroatoms. The van der Waals surface area contributed by atoms with Gasteiger partial charge in [-0.15, -0.1) is 10.2 Å². The Morgan fingerprint density at radius 2 is 1.70 bits per heavy atom. The van der Waals surface area contributed by atoms with Crippen molar-refractivity contribution in [1.29, 1.82) is 0 Å². The summed E-state index contributed by atoms with van der Waals surface area (Å²) < 4.78 is 46.7. The Morgan fingerprint density at radius 3 is 2.05 bits per heavy atom. The van der Waals surface area contributed by atoms with Crippen LogP contribution >= 0.6 is 10.7 Å². The minimum absolute atomic E-state index is 0.0629. The molecule has 20 heavy (non-hydrogen) atoms. The molecule has 0 bridgehead atoms. The molecule has 0 saturated carbocycles. The first kappa shape index (κ1) is 17.4. The lowest BCUT2D eigenvalue weighted by molar-refractivity contribution is 0.450. The van der Waals surface area contributed by atoms with E-state index in [9.17, 15) is 16.8 Å². The van der Waals surface area contributed by atoms with E-state index in [0.29, 0.717) is 0 Å². The van der Waals surface area contributed by atoms with Crippen molar-refractivity contribution in [3.63, 3.8) is 0 Å². The maximum Gasteiger partial charge on any atom is 0.296 e. The lowest BCUT2D eigenvalue weighted by Gasteiger charge is -2.23. The van der Waals surface area contributed by atoms with E-state index >= 15 is 0 Å². The van der Waals surface area contributed by atoms with Gasteiger partial charge in [0.2, 0.25) is 0 Å². The molecule has 0 radical (unpaired) electrons. The van der Waals surface area contributed by atoms with Crippen LogP contribution in [0, 0.1) is 5.92 Å². The maximum absolute atomic E-state index is 11.9. The fourth-order valence-electron chi connectivity index (χ4n) is 1.61. The topological polar surface area (TPSA) is 99.0 Å². The molecule has 116 valence electrons. The SMILES string of the molecule is CC(C)Cn1c(C(C)(C)S(C)(=O)=O)nnc1S(=O)(=O)Cl. The van der Waals surface area contributed by atoms with E-state index < -0.39 is 28.8 Å². The van der Waals surface area contributed by atoms with Gasteiger partial charge in [-0.1, -0.05) is 13.8 Å². The molecular weight excluding hydrogens is 326 g/mol. The molecule has 0 aliphatic rings. The van der Waals surface area contributed by atoms with Crippen molar-refractivity contribution in [2.45, 2.75) is 44.1 Å². The van der Waals surface area contributed by atoms with Gasteiger partial charge < -0.3 is 0 Å². The summed E-state index contributed by atoms with van der Waals surface area (Å²) in [7, 11) is -2.28. The number of aromatic nitrogens is 3. The minimum atomic E-state index is -4.10. The smallest absolute Gasteiger partial charge is 0.296 e. The van der Waals surface area contributed by atoms with Gasteiger partial charge in [0.1, 0.15) is 4.75 Å². The van der Waals surface area contributed by atoms with Gasteiger partial charge >= 0.3 is 0 Å².